The van der Waals surface area contributed by atoms with Crippen molar-refractivity contribution >= 4 is 40.0 Å². The fourth-order valence-electron chi connectivity index (χ4n) is 3.19. The Morgan fingerprint density at radius 2 is 1.80 bits per heavy atom. The molecule has 0 atom stereocenters. The quantitative estimate of drug-likeness (QED) is 0.437. The summed E-state index contributed by atoms with van der Waals surface area (Å²) in [7, 11) is 0. The molecule has 0 aliphatic rings. The molecule has 0 spiro atoms. The maximum absolute atomic E-state index is 13.5. The molecule has 30 heavy (non-hydrogen) atoms. The number of aromatic nitrogens is 1. The highest BCUT2D eigenvalue weighted by Gasteiger charge is 2.12. The number of anilines is 1. The van der Waals surface area contributed by atoms with E-state index in [9.17, 15) is 9.18 Å². The molecule has 150 valence electrons. The van der Waals surface area contributed by atoms with E-state index in [1.165, 1.54) is 12.1 Å². The van der Waals surface area contributed by atoms with Crippen LogP contribution in [0, 0.1) is 19.7 Å². The number of nitrogens with one attached hydrogen (secondary N) is 2. The normalized spacial score (nSPS) is 10.8. The summed E-state index contributed by atoms with van der Waals surface area (Å²) >= 11 is 5.27. The number of benzene rings is 3. The zero-order chi connectivity index (χ0) is 21.3. The summed E-state index contributed by atoms with van der Waals surface area (Å²) in [6, 6.07) is 16.9. The lowest BCUT2D eigenvalue weighted by molar-refractivity contribution is 0.0977. The van der Waals surface area contributed by atoms with Crippen LogP contribution in [0.5, 0.6) is 0 Å². The van der Waals surface area contributed by atoms with Gasteiger partial charge in [0.05, 0.1) is 0 Å². The average molecular weight is 419 g/mol. The van der Waals surface area contributed by atoms with Crippen LogP contribution in [0.1, 0.15) is 21.5 Å². The number of thiocarbonyl (C=S) groups is 1. The summed E-state index contributed by atoms with van der Waals surface area (Å²) in [5, 5.41) is 5.83. The number of oxazole rings is 1. The van der Waals surface area contributed by atoms with Crippen LogP contribution in [-0.2, 0) is 0 Å². The van der Waals surface area contributed by atoms with Crippen LogP contribution in [0.4, 0.5) is 10.1 Å². The van der Waals surface area contributed by atoms with Gasteiger partial charge in [0, 0.05) is 16.8 Å². The second kappa shape index (κ2) is 8.04. The summed E-state index contributed by atoms with van der Waals surface area (Å²) in [6.07, 6.45) is 0. The van der Waals surface area contributed by atoms with Gasteiger partial charge in [0.1, 0.15) is 11.3 Å². The lowest BCUT2D eigenvalue weighted by atomic mass is 10.1. The Balaban J connectivity index is 1.49. The van der Waals surface area contributed by atoms with Gasteiger partial charge in [0.2, 0.25) is 5.89 Å². The van der Waals surface area contributed by atoms with Gasteiger partial charge in [0.25, 0.3) is 5.91 Å². The van der Waals surface area contributed by atoms with E-state index in [2.05, 4.69) is 15.6 Å². The van der Waals surface area contributed by atoms with Gasteiger partial charge in [-0.25, -0.2) is 9.37 Å². The maximum atomic E-state index is 13.5. The van der Waals surface area contributed by atoms with E-state index in [4.69, 9.17) is 16.6 Å². The van der Waals surface area contributed by atoms with Crippen molar-refractivity contribution in [2.24, 2.45) is 0 Å². The van der Waals surface area contributed by atoms with Crippen LogP contribution in [0.2, 0.25) is 0 Å². The number of amides is 1. The molecule has 0 radical (unpaired) electrons. The van der Waals surface area contributed by atoms with E-state index in [-0.39, 0.29) is 16.8 Å². The molecule has 0 saturated heterocycles. The van der Waals surface area contributed by atoms with Crippen LogP contribution in [0.15, 0.2) is 65.1 Å². The number of fused-ring (bicyclic) bond motifs is 1. The molecule has 4 aromatic rings. The van der Waals surface area contributed by atoms with Crippen molar-refractivity contribution in [2.75, 3.05) is 5.32 Å². The van der Waals surface area contributed by atoms with Crippen molar-refractivity contribution in [1.82, 2.24) is 10.3 Å². The zero-order valence-electron chi connectivity index (χ0n) is 16.3. The molecule has 7 heteroatoms. The van der Waals surface area contributed by atoms with Crippen molar-refractivity contribution in [3.05, 3.63) is 83.2 Å². The second-order valence-corrected chi connectivity index (χ2v) is 7.40. The molecule has 1 amide bonds. The number of halogens is 1. The molecule has 2 N–H and O–H groups in total. The topological polar surface area (TPSA) is 67.2 Å². The molecule has 0 fully saturated rings. The molecule has 0 aliphatic carbocycles. The molecular formula is C23H18FN3O2S. The van der Waals surface area contributed by atoms with Crippen molar-refractivity contribution in [3.8, 4) is 11.5 Å². The Bertz CT molecular complexity index is 1260. The molecule has 5 nitrogen and oxygen atoms in total. The van der Waals surface area contributed by atoms with Crippen LogP contribution < -0.4 is 10.6 Å². The third-order valence-electron chi connectivity index (χ3n) is 4.43. The predicted molar refractivity (Wildman–Crippen MR) is 119 cm³/mol. The fourth-order valence-corrected chi connectivity index (χ4v) is 3.40. The first-order valence-corrected chi connectivity index (χ1v) is 9.65. The summed E-state index contributed by atoms with van der Waals surface area (Å²) in [5.74, 6) is -0.315. The van der Waals surface area contributed by atoms with Gasteiger partial charge in [-0.05, 0) is 74.6 Å². The Hall–Kier alpha value is -3.58. The Morgan fingerprint density at radius 1 is 1.03 bits per heavy atom. The largest absolute Gasteiger partial charge is 0.436 e. The number of carbonyl (C=O) groups is 1. The first kappa shape index (κ1) is 19.7. The maximum Gasteiger partial charge on any atom is 0.257 e. The Morgan fingerprint density at radius 3 is 2.53 bits per heavy atom. The van der Waals surface area contributed by atoms with E-state index >= 15 is 0 Å². The molecule has 1 aromatic heterocycles. The number of aryl methyl sites for hydroxylation is 2. The lowest BCUT2D eigenvalue weighted by Crippen LogP contribution is -2.34. The zero-order valence-corrected chi connectivity index (χ0v) is 17.1. The van der Waals surface area contributed by atoms with Gasteiger partial charge in [0.15, 0.2) is 10.7 Å². The summed E-state index contributed by atoms with van der Waals surface area (Å²) < 4.78 is 19.2. The molecular weight excluding hydrogens is 401 g/mol. The molecule has 0 bridgehead atoms. The minimum atomic E-state index is -0.359. The van der Waals surface area contributed by atoms with E-state index in [1.807, 2.05) is 19.9 Å². The highest BCUT2D eigenvalue weighted by molar-refractivity contribution is 7.80. The van der Waals surface area contributed by atoms with E-state index in [0.717, 1.165) is 11.1 Å². The van der Waals surface area contributed by atoms with E-state index < -0.39 is 0 Å². The van der Waals surface area contributed by atoms with Crippen molar-refractivity contribution in [2.45, 2.75) is 13.8 Å². The van der Waals surface area contributed by atoms with Crippen LogP contribution >= 0.6 is 12.2 Å². The third kappa shape index (κ3) is 4.36. The summed E-state index contributed by atoms with van der Waals surface area (Å²) in [5.41, 5.74) is 4.90. The monoisotopic (exact) mass is 419 g/mol. The first-order valence-electron chi connectivity index (χ1n) is 9.24. The molecule has 0 aliphatic heterocycles. The standard InChI is InChI=1S/C23H18FN3O2S/c1-13-8-14(2)10-16(9-13)21(28)27-23(30)25-18-6-7-20-19(12-18)26-22(29-20)15-4-3-5-17(24)11-15/h3-12H,1-2H3,(H2,25,27,28,30). The van der Waals surface area contributed by atoms with Gasteiger partial charge in [-0.2, -0.15) is 0 Å². The van der Waals surface area contributed by atoms with Crippen molar-refractivity contribution < 1.29 is 13.6 Å². The molecule has 0 saturated carbocycles. The first-order chi connectivity index (χ1) is 14.4. The average Bonchev–Trinajstić information content (AvgIpc) is 3.10. The number of rotatable bonds is 3. The summed E-state index contributed by atoms with van der Waals surface area (Å²) in [6.45, 7) is 3.87. The molecule has 1 heterocycles. The molecule has 0 unspecified atom stereocenters. The fraction of sp³-hybridized carbons (Fsp3) is 0.0870. The predicted octanol–water partition coefficient (Wildman–Crippen LogP) is 5.38. The minimum Gasteiger partial charge on any atom is -0.436 e. The second-order valence-electron chi connectivity index (χ2n) is 7.00. The van der Waals surface area contributed by atoms with Gasteiger partial charge >= 0.3 is 0 Å². The molecule has 3 aromatic carbocycles. The highest BCUT2D eigenvalue weighted by atomic mass is 32.1. The van der Waals surface area contributed by atoms with Gasteiger partial charge in [-0.1, -0.05) is 23.3 Å². The number of nitrogens with zero attached hydrogens (tertiary/aromatic N) is 1. The van der Waals surface area contributed by atoms with E-state index in [0.29, 0.717) is 33.8 Å². The van der Waals surface area contributed by atoms with Crippen LogP contribution in [0.3, 0.4) is 0 Å². The number of hydrogen-bond donors (Lipinski definition) is 2. The Labute approximate surface area is 177 Å². The number of hydrogen-bond acceptors (Lipinski definition) is 4. The third-order valence-corrected chi connectivity index (χ3v) is 4.63. The van der Waals surface area contributed by atoms with Gasteiger partial charge in [-0.15, -0.1) is 0 Å². The van der Waals surface area contributed by atoms with Gasteiger partial charge in [-0.3, -0.25) is 10.1 Å². The Kier molecular flexibility index (Phi) is 5.29. The lowest BCUT2D eigenvalue weighted by Gasteiger charge is -2.10. The SMILES string of the molecule is Cc1cc(C)cc(C(=O)NC(=S)Nc2ccc3oc(-c4cccc(F)c4)nc3c2)c1. The smallest absolute Gasteiger partial charge is 0.257 e. The van der Waals surface area contributed by atoms with E-state index in [1.54, 1.807) is 42.5 Å². The van der Waals surface area contributed by atoms with Crippen molar-refractivity contribution in [3.63, 3.8) is 0 Å². The number of carbonyl (C=O) groups excluding carboxylic acids is 1. The molecule has 4 rings (SSSR count). The van der Waals surface area contributed by atoms with Gasteiger partial charge < -0.3 is 9.73 Å². The van der Waals surface area contributed by atoms with Crippen LogP contribution in [-0.4, -0.2) is 16.0 Å². The minimum absolute atomic E-state index is 0.173. The highest BCUT2D eigenvalue weighted by Crippen LogP contribution is 2.26. The summed E-state index contributed by atoms with van der Waals surface area (Å²) in [4.78, 5) is 16.9. The van der Waals surface area contributed by atoms with Crippen molar-refractivity contribution in [1.29, 1.82) is 0 Å². The van der Waals surface area contributed by atoms with Crippen LogP contribution in [0.25, 0.3) is 22.6 Å².